The highest BCUT2D eigenvalue weighted by atomic mass is 127. The minimum Gasteiger partial charge on any atom is -0.370 e. The van der Waals surface area contributed by atoms with Crippen molar-refractivity contribution in [3.05, 3.63) is 52.0 Å². The van der Waals surface area contributed by atoms with Gasteiger partial charge in [0.25, 0.3) is 0 Å². The molecule has 2 aromatic rings. The van der Waals surface area contributed by atoms with E-state index in [2.05, 4.69) is 31.2 Å². The Morgan fingerprint density at radius 1 is 1.46 bits per heavy atom. The molecule has 1 aliphatic rings. The van der Waals surface area contributed by atoms with Gasteiger partial charge in [0.15, 0.2) is 5.96 Å². The average Bonchev–Trinajstić information content (AvgIpc) is 3.10. The first-order chi connectivity index (χ1) is 13.1. The number of aryl methyl sites for hydroxylation is 1. The monoisotopic (exact) mass is 565 g/mol. The number of rotatable bonds is 5. The van der Waals surface area contributed by atoms with Crippen molar-refractivity contribution in [3.63, 3.8) is 0 Å². The third-order valence-electron chi connectivity index (χ3n) is 4.45. The molecule has 6 nitrogen and oxygen atoms in total. The summed E-state index contributed by atoms with van der Waals surface area (Å²) in [7, 11) is 1.90. The van der Waals surface area contributed by atoms with Crippen molar-refractivity contribution in [1.29, 1.82) is 0 Å². The molecule has 0 saturated carbocycles. The maximum atomic E-state index is 13.9. The Bertz CT molecular complexity index is 800. The van der Waals surface area contributed by atoms with Gasteiger partial charge in [0.2, 0.25) is 0 Å². The molecule has 2 heterocycles. The quantitative estimate of drug-likeness (QED) is 0.342. The van der Waals surface area contributed by atoms with Crippen LogP contribution in [0.2, 0.25) is 0 Å². The van der Waals surface area contributed by atoms with Crippen LogP contribution in [0.25, 0.3) is 0 Å². The van der Waals surface area contributed by atoms with Crippen LogP contribution in [0.5, 0.6) is 0 Å². The maximum Gasteiger partial charge on any atom is 0.194 e. The molecule has 0 aliphatic carbocycles. The van der Waals surface area contributed by atoms with Crippen LogP contribution in [0, 0.1) is 5.82 Å². The molecular weight excluding hydrogens is 540 g/mol. The molecule has 1 fully saturated rings. The highest BCUT2D eigenvalue weighted by Gasteiger charge is 2.25. The van der Waals surface area contributed by atoms with Crippen LogP contribution in [0.15, 0.2) is 40.1 Å². The second-order valence-corrected chi connectivity index (χ2v) is 7.39. The molecule has 3 rings (SSSR count). The number of nitrogens with one attached hydrogen (secondary N) is 1. The largest absolute Gasteiger partial charge is 0.370 e. The van der Waals surface area contributed by atoms with E-state index in [-0.39, 0.29) is 35.9 Å². The number of nitrogens with zero attached hydrogens (tertiary/aromatic N) is 4. The molecule has 1 aliphatic heterocycles. The number of ether oxygens (including phenoxy) is 1. The van der Waals surface area contributed by atoms with Gasteiger partial charge in [-0.05, 0) is 37.1 Å². The molecule has 0 spiro atoms. The Balaban J connectivity index is 0.00000280. The zero-order valence-electron chi connectivity index (χ0n) is 16.1. The zero-order chi connectivity index (χ0) is 19.2. The number of morpholine rings is 1. The fourth-order valence-electron chi connectivity index (χ4n) is 3.09. The summed E-state index contributed by atoms with van der Waals surface area (Å²) in [5, 5.41) is 7.57. The lowest BCUT2D eigenvalue weighted by molar-refractivity contribution is -0.00803. The van der Waals surface area contributed by atoms with E-state index in [0.29, 0.717) is 31.7 Å². The minimum absolute atomic E-state index is 0. The van der Waals surface area contributed by atoms with Crippen LogP contribution in [0.3, 0.4) is 0 Å². The molecule has 154 valence electrons. The van der Waals surface area contributed by atoms with Crippen LogP contribution < -0.4 is 5.32 Å². The SMILES string of the molecule is CCNC(=NCCc1cc(Br)ccc1F)N1CCOC(c2cnn(C)c2)C1.I. The molecule has 0 amide bonds. The normalized spacial score (nSPS) is 17.4. The number of benzene rings is 1. The second kappa shape index (κ2) is 11.1. The first-order valence-corrected chi connectivity index (χ1v) is 9.93. The summed E-state index contributed by atoms with van der Waals surface area (Å²) >= 11 is 3.39. The van der Waals surface area contributed by atoms with Crippen LogP contribution in [-0.2, 0) is 18.2 Å². The zero-order valence-corrected chi connectivity index (χ0v) is 20.0. The van der Waals surface area contributed by atoms with E-state index in [9.17, 15) is 4.39 Å². The lowest BCUT2D eigenvalue weighted by Crippen LogP contribution is -2.48. The van der Waals surface area contributed by atoms with Crippen LogP contribution in [0.1, 0.15) is 24.2 Å². The summed E-state index contributed by atoms with van der Waals surface area (Å²) in [5.41, 5.74) is 1.73. The molecule has 9 heteroatoms. The van der Waals surface area contributed by atoms with Gasteiger partial charge in [-0.2, -0.15) is 5.10 Å². The van der Waals surface area contributed by atoms with Crippen LogP contribution in [0.4, 0.5) is 4.39 Å². The third-order valence-corrected chi connectivity index (χ3v) is 4.94. The Labute approximate surface area is 190 Å². The molecule has 0 bridgehead atoms. The number of aliphatic imine (C=N–C) groups is 1. The van der Waals surface area contributed by atoms with Crippen molar-refractivity contribution in [2.75, 3.05) is 32.8 Å². The highest BCUT2D eigenvalue weighted by molar-refractivity contribution is 14.0. The van der Waals surface area contributed by atoms with Gasteiger partial charge >= 0.3 is 0 Å². The summed E-state index contributed by atoms with van der Waals surface area (Å²) in [6.07, 6.45) is 4.35. The lowest BCUT2D eigenvalue weighted by atomic mass is 10.1. The van der Waals surface area contributed by atoms with Crippen molar-refractivity contribution in [2.24, 2.45) is 12.0 Å². The van der Waals surface area contributed by atoms with Crippen molar-refractivity contribution < 1.29 is 9.13 Å². The van der Waals surface area contributed by atoms with Gasteiger partial charge in [0.1, 0.15) is 11.9 Å². The van der Waals surface area contributed by atoms with E-state index in [0.717, 1.165) is 29.1 Å². The van der Waals surface area contributed by atoms with Crippen LogP contribution in [-0.4, -0.2) is 53.4 Å². The Hall–Kier alpha value is -1.20. The summed E-state index contributed by atoms with van der Waals surface area (Å²) in [6.45, 7) is 5.45. The number of hydrogen-bond donors (Lipinski definition) is 1. The molecule has 1 unspecified atom stereocenters. The van der Waals surface area contributed by atoms with Gasteiger partial charge < -0.3 is 15.0 Å². The average molecular weight is 566 g/mol. The van der Waals surface area contributed by atoms with Crippen molar-refractivity contribution in [3.8, 4) is 0 Å². The van der Waals surface area contributed by atoms with Gasteiger partial charge in [-0.15, -0.1) is 24.0 Å². The molecule has 1 saturated heterocycles. The van der Waals surface area contributed by atoms with E-state index in [1.165, 1.54) is 6.07 Å². The fraction of sp³-hybridized carbons (Fsp3) is 0.474. The number of hydrogen-bond acceptors (Lipinski definition) is 3. The van der Waals surface area contributed by atoms with E-state index < -0.39 is 0 Å². The van der Waals surface area contributed by atoms with Crippen molar-refractivity contribution in [1.82, 2.24) is 20.0 Å². The van der Waals surface area contributed by atoms with Gasteiger partial charge in [-0.25, -0.2) is 4.39 Å². The molecule has 28 heavy (non-hydrogen) atoms. The Morgan fingerprint density at radius 3 is 3.00 bits per heavy atom. The molecule has 1 N–H and O–H groups in total. The fourth-order valence-corrected chi connectivity index (χ4v) is 3.50. The first kappa shape index (κ1) is 23.1. The van der Waals surface area contributed by atoms with E-state index in [1.807, 2.05) is 32.4 Å². The molecule has 0 radical (unpaired) electrons. The molecule has 1 atom stereocenters. The summed E-state index contributed by atoms with van der Waals surface area (Å²) in [6, 6.07) is 5.00. The Morgan fingerprint density at radius 2 is 2.29 bits per heavy atom. The number of halogens is 3. The molecule has 1 aromatic heterocycles. The van der Waals surface area contributed by atoms with E-state index >= 15 is 0 Å². The predicted molar refractivity (Wildman–Crippen MR) is 123 cm³/mol. The first-order valence-electron chi connectivity index (χ1n) is 9.14. The maximum absolute atomic E-state index is 13.9. The van der Waals surface area contributed by atoms with Gasteiger partial charge in [-0.1, -0.05) is 15.9 Å². The standard InChI is InChI=1S/C19H25BrFN5O.HI/c1-3-22-19(23-7-6-14-10-16(20)4-5-17(14)21)26-8-9-27-18(13-26)15-11-24-25(2)12-15;/h4-5,10-12,18H,3,6-9,13H2,1-2H3,(H,22,23);1H. The van der Waals surface area contributed by atoms with Gasteiger partial charge in [0.05, 0.1) is 19.3 Å². The second-order valence-electron chi connectivity index (χ2n) is 6.47. The number of aromatic nitrogens is 2. The summed E-state index contributed by atoms with van der Waals surface area (Å²) < 4.78 is 22.5. The smallest absolute Gasteiger partial charge is 0.194 e. The topological polar surface area (TPSA) is 54.7 Å². The van der Waals surface area contributed by atoms with Gasteiger partial charge in [0, 0.05) is 42.9 Å². The van der Waals surface area contributed by atoms with Crippen molar-refractivity contribution >= 4 is 45.9 Å². The number of guanidine groups is 1. The van der Waals surface area contributed by atoms with Crippen LogP contribution >= 0.6 is 39.9 Å². The van der Waals surface area contributed by atoms with E-state index in [1.54, 1.807) is 10.7 Å². The van der Waals surface area contributed by atoms with Gasteiger partial charge in [-0.3, -0.25) is 9.67 Å². The Kier molecular flexibility index (Phi) is 9.16. The predicted octanol–water partition coefficient (Wildman–Crippen LogP) is 3.52. The summed E-state index contributed by atoms with van der Waals surface area (Å²) in [4.78, 5) is 6.91. The van der Waals surface area contributed by atoms with E-state index in [4.69, 9.17) is 9.73 Å². The van der Waals surface area contributed by atoms with Crippen molar-refractivity contribution in [2.45, 2.75) is 19.4 Å². The summed E-state index contributed by atoms with van der Waals surface area (Å²) in [5.74, 6) is 0.645. The molecule has 1 aromatic carbocycles. The highest BCUT2D eigenvalue weighted by Crippen LogP contribution is 2.22. The lowest BCUT2D eigenvalue weighted by Gasteiger charge is -2.34. The molecular formula is C19H26BrFIN5O. The minimum atomic E-state index is -0.193. The third kappa shape index (κ3) is 6.15.